The molecule has 5 unspecified atom stereocenters. The van der Waals surface area contributed by atoms with Gasteiger partial charge in [-0.15, -0.1) is 0 Å². The third-order valence-corrected chi connectivity index (χ3v) is 12.8. The highest BCUT2D eigenvalue weighted by molar-refractivity contribution is 7.92. The fourth-order valence-electron chi connectivity index (χ4n) is 6.01. The number of aliphatic hydroxyl groups is 1. The molecule has 10 atom stereocenters. The SMILES string of the molecule is CCC1OC(OC(C)=O)C(C)[C@@H](C)[C@@H]1O[C@@H]1OC(CS(=O)(=O)c2ccc(C)cc2)[C@@H](O)[C@H](S(=O)(=O)c2ccc(C)cc2)C1OC(C)=O. The predicted octanol–water partition coefficient (Wildman–Crippen LogP) is 3.29. The van der Waals surface area contributed by atoms with E-state index in [-0.39, 0.29) is 21.6 Å². The molecule has 2 aromatic rings. The van der Waals surface area contributed by atoms with Gasteiger partial charge in [0.05, 0.1) is 27.8 Å². The summed E-state index contributed by atoms with van der Waals surface area (Å²) in [6, 6.07) is 12.0. The van der Waals surface area contributed by atoms with E-state index in [1.807, 2.05) is 13.8 Å². The van der Waals surface area contributed by atoms with Crippen LogP contribution in [0.4, 0.5) is 0 Å². The first-order chi connectivity index (χ1) is 22.0. The highest BCUT2D eigenvalue weighted by Crippen LogP contribution is 2.39. The molecule has 0 aliphatic carbocycles. The molecule has 2 aliphatic rings. The number of hydrogen-bond donors (Lipinski definition) is 1. The maximum Gasteiger partial charge on any atom is 0.304 e. The van der Waals surface area contributed by atoms with Crippen LogP contribution < -0.4 is 0 Å². The molecule has 0 bridgehead atoms. The highest BCUT2D eigenvalue weighted by atomic mass is 32.2. The lowest BCUT2D eigenvalue weighted by atomic mass is 9.83. The second-order valence-corrected chi connectivity index (χ2v) is 16.5. The average molecular weight is 697 g/mol. The van der Waals surface area contributed by atoms with Gasteiger partial charge in [-0.05, 0) is 50.5 Å². The molecule has 0 aromatic heterocycles. The predicted molar refractivity (Wildman–Crippen MR) is 170 cm³/mol. The largest absolute Gasteiger partial charge is 0.456 e. The Bertz CT molecular complexity index is 1620. The van der Waals surface area contributed by atoms with Gasteiger partial charge in [-0.2, -0.15) is 0 Å². The van der Waals surface area contributed by atoms with Gasteiger partial charge in [-0.1, -0.05) is 56.2 Å². The Morgan fingerprint density at radius 1 is 0.745 bits per heavy atom. The molecule has 2 aromatic carbocycles. The molecule has 0 spiro atoms. The van der Waals surface area contributed by atoms with Crippen LogP contribution in [0.5, 0.6) is 0 Å². The Kier molecular flexibility index (Phi) is 11.6. The Hall–Kier alpha value is -2.88. The number of hydrogen-bond acceptors (Lipinski definition) is 12. The Labute approximate surface area is 276 Å². The fraction of sp³-hybridized carbons (Fsp3) is 0.576. The summed E-state index contributed by atoms with van der Waals surface area (Å²) in [6.45, 7) is 11.4. The molecule has 260 valence electrons. The van der Waals surface area contributed by atoms with Gasteiger partial charge in [0.1, 0.15) is 17.5 Å². The molecule has 47 heavy (non-hydrogen) atoms. The summed E-state index contributed by atoms with van der Waals surface area (Å²) in [6.07, 6.45) is -8.81. The van der Waals surface area contributed by atoms with Crippen LogP contribution in [0.1, 0.15) is 52.2 Å². The first kappa shape index (κ1) is 36.9. The van der Waals surface area contributed by atoms with Crippen LogP contribution >= 0.6 is 0 Å². The number of ether oxygens (including phenoxy) is 5. The van der Waals surface area contributed by atoms with Crippen LogP contribution in [0, 0.1) is 25.7 Å². The quantitative estimate of drug-likeness (QED) is 0.361. The van der Waals surface area contributed by atoms with Gasteiger partial charge in [0.2, 0.25) is 6.29 Å². The molecule has 2 heterocycles. The van der Waals surface area contributed by atoms with E-state index >= 15 is 0 Å². The maximum absolute atomic E-state index is 14.3. The lowest BCUT2D eigenvalue weighted by Crippen LogP contribution is -2.65. The van der Waals surface area contributed by atoms with Crippen LogP contribution in [0.2, 0.25) is 0 Å². The summed E-state index contributed by atoms with van der Waals surface area (Å²) in [7, 11) is -8.61. The smallest absolute Gasteiger partial charge is 0.304 e. The van der Waals surface area contributed by atoms with Crippen molar-refractivity contribution in [3.05, 3.63) is 59.7 Å². The normalized spacial score (nSPS) is 31.6. The second-order valence-electron chi connectivity index (χ2n) is 12.4. The number of carbonyl (C=O) groups excluding carboxylic acids is 2. The molecule has 4 rings (SSSR count). The van der Waals surface area contributed by atoms with Crippen molar-refractivity contribution in [2.75, 3.05) is 5.75 Å². The van der Waals surface area contributed by atoms with Gasteiger partial charge in [0.25, 0.3) is 0 Å². The molecule has 1 N–H and O–H groups in total. The molecule has 14 heteroatoms. The van der Waals surface area contributed by atoms with Crippen molar-refractivity contribution in [2.45, 2.75) is 113 Å². The van der Waals surface area contributed by atoms with Crippen molar-refractivity contribution in [2.24, 2.45) is 11.8 Å². The molecule has 0 amide bonds. The van der Waals surface area contributed by atoms with Gasteiger partial charge in [0, 0.05) is 19.8 Å². The van der Waals surface area contributed by atoms with E-state index in [0.29, 0.717) is 6.42 Å². The van der Waals surface area contributed by atoms with E-state index in [1.54, 1.807) is 45.0 Å². The number of esters is 2. The van der Waals surface area contributed by atoms with Crippen LogP contribution in [-0.2, 0) is 52.9 Å². The first-order valence-corrected chi connectivity index (χ1v) is 18.7. The van der Waals surface area contributed by atoms with E-state index < -0.39 is 85.7 Å². The van der Waals surface area contributed by atoms with Gasteiger partial charge in [0.15, 0.2) is 32.1 Å². The highest BCUT2D eigenvalue weighted by Gasteiger charge is 2.56. The van der Waals surface area contributed by atoms with Gasteiger partial charge in [-0.3, -0.25) is 9.59 Å². The molecule has 0 radical (unpaired) electrons. The maximum atomic E-state index is 14.3. The monoisotopic (exact) mass is 696 g/mol. The lowest BCUT2D eigenvalue weighted by molar-refractivity contribution is -0.322. The van der Waals surface area contributed by atoms with E-state index in [1.165, 1.54) is 31.2 Å². The Balaban J connectivity index is 1.79. The zero-order chi connectivity index (χ0) is 34.8. The molecule has 2 saturated heterocycles. The third kappa shape index (κ3) is 8.23. The van der Waals surface area contributed by atoms with Crippen LogP contribution in [0.25, 0.3) is 0 Å². The number of benzene rings is 2. The summed E-state index contributed by atoms with van der Waals surface area (Å²) >= 11 is 0. The summed E-state index contributed by atoms with van der Waals surface area (Å²) in [5.74, 6) is -2.91. The Morgan fingerprint density at radius 3 is 1.77 bits per heavy atom. The number of rotatable bonds is 10. The standard InChI is InChI=1S/C33H44O12S2/c1-8-26-29(20(4)21(5)32(43-26)42-23(7)35)45-33-30(41-22(6)34)31(47(39,40)25-15-11-19(3)12-16-25)28(36)27(44-33)17-46(37,38)24-13-9-18(2)10-14-24/h9-16,20-21,26-33,36H,8,17H2,1-7H3/t20-,21?,26?,27?,28-,29+,30?,31+,32?,33+/m1/s1. The van der Waals surface area contributed by atoms with Crippen molar-refractivity contribution in [1.82, 2.24) is 0 Å². The Morgan fingerprint density at radius 2 is 1.26 bits per heavy atom. The minimum Gasteiger partial charge on any atom is -0.456 e. The van der Waals surface area contributed by atoms with Crippen molar-refractivity contribution >= 4 is 31.6 Å². The van der Waals surface area contributed by atoms with Crippen molar-refractivity contribution in [3.8, 4) is 0 Å². The van der Waals surface area contributed by atoms with E-state index in [0.717, 1.165) is 18.1 Å². The van der Waals surface area contributed by atoms with E-state index in [9.17, 15) is 31.5 Å². The van der Waals surface area contributed by atoms with Crippen molar-refractivity contribution < 1.29 is 55.2 Å². The van der Waals surface area contributed by atoms with Gasteiger partial charge in [-0.25, -0.2) is 16.8 Å². The van der Waals surface area contributed by atoms with Crippen LogP contribution in [-0.4, -0.2) is 88.0 Å². The molecule has 0 saturated carbocycles. The number of sulfone groups is 2. The fourth-order valence-corrected chi connectivity index (χ4v) is 9.37. The zero-order valence-corrected chi connectivity index (χ0v) is 29.2. The summed E-state index contributed by atoms with van der Waals surface area (Å²) in [5, 5.41) is 9.80. The van der Waals surface area contributed by atoms with E-state index in [2.05, 4.69) is 0 Å². The topological polar surface area (TPSA) is 169 Å². The van der Waals surface area contributed by atoms with Crippen LogP contribution in [0.15, 0.2) is 58.3 Å². The number of aryl methyl sites for hydroxylation is 2. The average Bonchev–Trinajstić information content (AvgIpc) is 2.98. The minimum absolute atomic E-state index is 0.0397. The molecular weight excluding hydrogens is 652 g/mol. The van der Waals surface area contributed by atoms with Gasteiger partial charge < -0.3 is 28.8 Å². The first-order valence-electron chi connectivity index (χ1n) is 15.5. The summed E-state index contributed by atoms with van der Waals surface area (Å²) in [5.41, 5.74) is 1.62. The summed E-state index contributed by atoms with van der Waals surface area (Å²) < 4.78 is 85.2. The van der Waals surface area contributed by atoms with Gasteiger partial charge >= 0.3 is 11.9 Å². The van der Waals surface area contributed by atoms with E-state index in [4.69, 9.17) is 23.7 Å². The molecular formula is C33H44O12S2. The van der Waals surface area contributed by atoms with Crippen molar-refractivity contribution in [3.63, 3.8) is 0 Å². The number of carbonyl (C=O) groups is 2. The number of aliphatic hydroxyl groups excluding tert-OH is 1. The summed E-state index contributed by atoms with van der Waals surface area (Å²) in [4.78, 5) is 24.0. The zero-order valence-electron chi connectivity index (χ0n) is 27.6. The molecule has 12 nitrogen and oxygen atoms in total. The van der Waals surface area contributed by atoms with Crippen molar-refractivity contribution in [1.29, 1.82) is 0 Å². The second kappa shape index (κ2) is 14.7. The molecule has 2 aliphatic heterocycles. The van der Waals surface area contributed by atoms with Crippen LogP contribution in [0.3, 0.4) is 0 Å². The third-order valence-electron chi connectivity index (χ3n) is 8.82. The molecule has 2 fully saturated rings. The lowest BCUT2D eigenvalue weighted by Gasteiger charge is -2.48. The minimum atomic E-state index is -4.49.